The van der Waals surface area contributed by atoms with Crippen LogP contribution < -0.4 is 0 Å². The Hall–Kier alpha value is -2.21. The smallest absolute Gasteiger partial charge is 0.223 e. The van der Waals surface area contributed by atoms with E-state index in [1.807, 2.05) is 6.20 Å². The van der Waals surface area contributed by atoms with Gasteiger partial charge in [-0.3, -0.25) is 9.89 Å². The van der Waals surface area contributed by atoms with Gasteiger partial charge in [-0.15, -0.1) is 0 Å². The standard InChI is InChI=1S/C21H27FN4O/c1-25(12-15-10-20(27)26(13-15)19-4-2-3-5-19)14-17-11-23-24-21(17)16-6-8-18(22)9-7-16/h6-9,11,15,19H,2-5,10,12-14H2,1H3,(H,23,24). The zero-order valence-corrected chi connectivity index (χ0v) is 15.8. The van der Waals surface area contributed by atoms with Gasteiger partial charge in [0.25, 0.3) is 0 Å². The third kappa shape index (κ3) is 4.05. The lowest BCUT2D eigenvalue weighted by Gasteiger charge is -2.25. The first kappa shape index (κ1) is 18.2. The molecule has 2 aliphatic rings. The fourth-order valence-corrected chi connectivity index (χ4v) is 4.59. The van der Waals surface area contributed by atoms with Gasteiger partial charge in [-0.05, 0) is 50.1 Å². The van der Waals surface area contributed by atoms with Crippen molar-refractivity contribution in [2.45, 2.75) is 44.7 Å². The molecule has 1 aromatic carbocycles. The minimum absolute atomic E-state index is 0.241. The molecule has 2 fully saturated rings. The van der Waals surface area contributed by atoms with E-state index in [1.165, 1.54) is 37.8 Å². The maximum Gasteiger partial charge on any atom is 0.223 e. The first-order valence-electron chi connectivity index (χ1n) is 9.86. The van der Waals surface area contributed by atoms with E-state index in [0.717, 1.165) is 36.5 Å². The van der Waals surface area contributed by atoms with E-state index in [0.29, 0.717) is 24.3 Å². The molecule has 1 N–H and O–H groups in total. The van der Waals surface area contributed by atoms with E-state index in [9.17, 15) is 9.18 Å². The number of amides is 1. The van der Waals surface area contributed by atoms with Gasteiger partial charge in [0, 0.05) is 43.2 Å². The highest BCUT2D eigenvalue weighted by molar-refractivity contribution is 5.79. The van der Waals surface area contributed by atoms with Crippen LogP contribution in [0.5, 0.6) is 0 Å². The summed E-state index contributed by atoms with van der Waals surface area (Å²) in [7, 11) is 2.09. The number of benzene rings is 1. The van der Waals surface area contributed by atoms with Crippen LogP contribution in [0.2, 0.25) is 0 Å². The zero-order valence-electron chi connectivity index (χ0n) is 15.8. The van der Waals surface area contributed by atoms with Gasteiger partial charge in [-0.2, -0.15) is 5.10 Å². The predicted octanol–water partition coefficient (Wildman–Crippen LogP) is 3.44. The molecule has 1 saturated heterocycles. The second-order valence-electron chi connectivity index (χ2n) is 8.03. The summed E-state index contributed by atoms with van der Waals surface area (Å²) in [5.41, 5.74) is 2.94. The molecular weight excluding hydrogens is 343 g/mol. The van der Waals surface area contributed by atoms with E-state index in [2.05, 4.69) is 27.0 Å². The van der Waals surface area contributed by atoms with Gasteiger partial charge in [0.2, 0.25) is 5.91 Å². The first-order valence-corrected chi connectivity index (χ1v) is 9.86. The van der Waals surface area contributed by atoms with Gasteiger partial charge < -0.3 is 9.80 Å². The Labute approximate surface area is 159 Å². The number of hydrogen-bond acceptors (Lipinski definition) is 3. The monoisotopic (exact) mass is 370 g/mol. The minimum Gasteiger partial charge on any atom is -0.339 e. The van der Waals surface area contributed by atoms with Crippen molar-refractivity contribution in [1.82, 2.24) is 20.0 Å². The van der Waals surface area contributed by atoms with Crippen LogP contribution in [-0.2, 0) is 11.3 Å². The van der Waals surface area contributed by atoms with E-state index in [-0.39, 0.29) is 5.82 Å². The maximum atomic E-state index is 13.2. The second-order valence-corrected chi connectivity index (χ2v) is 8.03. The van der Waals surface area contributed by atoms with E-state index in [1.54, 1.807) is 12.1 Å². The molecule has 1 aliphatic heterocycles. The number of nitrogens with one attached hydrogen (secondary N) is 1. The molecule has 1 atom stereocenters. The molecule has 0 spiro atoms. The lowest BCUT2D eigenvalue weighted by Crippen LogP contribution is -2.35. The second kappa shape index (κ2) is 7.80. The van der Waals surface area contributed by atoms with Crippen LogP contribution >= 0.6 is 0 Å². The molecule has 1 amide bonds. The number of aromatic amines is 1. The number of carbonyl (C=O) groups is 1. The third-order valence-corrected chi connectivity index (χ3v) is 5.86. The number of carbonyl (C=O) groups excluding carboxylic acids is 1. The number of nitrogens with zero attached hydrogens (tertiary/aromatic N) is 3. The Balaban J connectivity index is 1.36. The van der Waals surface area contributed by atoms with Crippen molar-refractivity contribution in [3.63, 3.8) is 0 Å². The molecule has 1 aromatic heterocycles. The van der Waals surface area contributed by atoms with Crippen LogP contribution in [0.3, 0.4) is 0 Å². The molecule has 1 saturated carbocycles. The minimum atomic E-state index is -0.241. The summed E-state index contributed by atoms with van der Waals surface area (Å²) in [6, 6.07) is 6.94. The third-order valence-electron chi connectivity index (χ3n) is 5.86. The lowest BCUT2D eigenvalue weighted by atomic mass is 10.1. The quantitative estimate of drug-likeness (QED) is 0.847. The normalized spacial score (nSPS) is 20.9. The zero-order chi connectivity index (χ0) is 18.8. The van der Waals surface area contributed by atoms with Crippen molar-refractivity contribution in [3.05, 3.63) is 41.8 Å². The first-order chi connectivity index (χ1) is 13.1. The van der Waals surface area contributed by atoms with Gasteiger partial charge in [-0.1, -0.05) is 12.8 Å². The average molecular weight is 370 g/mol. The van der Waals surface area contributed by atoms with E-state index >= 15 is 0 Å². The van der Waals surface area contributed by atoms with Gasteiger partial charge >= 0.3 is 0 Å². The SMILES string of the molecule is CN(Cc1cn[nH]c1-c1ccc(F)cc1)CC1CC(=O)N(C2CCCC2)C1. The highest BCUT2D eigenvalue weighted by Crippen LogP contribution is 2.30. The molecule has 5 nitrogen and oxygen atoms in total. The summed E-state index contributed by atoms with van der Waals surface area (Å²) in [6.07, 6.45) is 7.35. The van der Waals surface area contributed by atoms with Gasteiger partial charge in [0.05, 0.1) is 11.9 Å². The van der Waals surface area contributed by atoms with E-state index < -0.39 is 0 Å². The summed E-state index contributed by atoms with van der Waals surface area (Å²) >= 11 is 0. The molecule has 1 unspecified atom stereocenters. The van der Waals surface area contributed by atoms with Crippen LogP contribution in [0.4, 0.5) is 4.39 Å². The Morgan fingerprint density at radius 3 is 2.74 bits per heavy atom. The number of aromatic nitrogens is 2. The highest BCUT2D eigenvalue weighted by atomic mass is 19.1. The van der Waals surface area contributed by atoms with Crippen molar-refractivity contribution < 1.29 is 9.18 Å². The Morgan fingerprint density at radius 1 is 1.26 bits per heavy atom. The fourth-order valence-electron chi connectivity index (χ4n) is 4.59. The summed E-state index contributed by atoms with van der Waals surface area (Å²) in [4.78, 5) is 16.8. The van der Waals surface area contributed by atoms with Crippen LogP contribution in [0.25, 0.3) is 11.3 Å². The summed E-state index contributed by atoms with van der Waals surface area (Å²) in [5.74, 6) is 0.481. The lowest BCUT2D eigenvalue weighted by molar-refractivity contribution is -0.129. The molecule has 4 rings (SSSR count). The van der Waals surface area contributed by atoms with Crippen LogP contribution in [0.1, 0.15) is 37.7 Å². The molecule has 27 heavy (non-hydrogen) atoms. The van der Waals surface area contributed by atoms with Crippen LogP contribution in [-0.4, -0.2) is 52.1 Å². The van der Waals surface area contributed by atoms with Crippen molar-refractivity contribution in [1.29, 1.82) is 0 Å². The fraction of sp³-hybridized carbons (Fsp3) is 0.524. The van der Waals surface area contributed by atoms with Gasteiger partial charge in [0.15, 0.2) is 0 Å². The number of rotatable bonds is 6. The molecule has 6 heteroatoms. The van der Waals surface area contributed by atoms with Gasteiger partial charge in [0.1, 0.15) is 5.82 Å². The topological polar surface area (TPSA) is 52.2 Å². The summed E-state index contributed by atoms with van der Waals surface area (Å²) in [5, 5.41) is 7.20. The summed E-state index contributed by atoms with van der Waals surface area (Å²) in [6.45, 7) is 2.53. The molecule has 0 radical (unpaired) electrons. The van der Waals surface area contributed by atoms with Crippen molar-refractivity contribution in [3.8, 4) is 11.3 Å². The largest absolute Gasteiger partial charge is 0.339 e. The summed E-state index contributed by atoms with van der Waals surface area (Å²) < 4.78 is 13.2. The highest BCUT2D eigenvalue weighted by Gasteiger charge is 2.35. The Kier molecular flexibility index (Phi) is 5.25. The molecule has 144 valence electrons. The average Bonchev–Trinajstić information content (AvgIpc) is 3.37. The number of likely N-dealkylation sites (tertiary alicyclic amines) is 1. The molecule has 2 heterocycles. The predicted molar refractivity (Wildman–Crippen MR) is 102 cm³/mol. The number of hydrogen-bond donors (Lipinski definition) is 1. The Morgan fingerprint density at radius 2 is 2.00 bits per heavy atom. The van der Waals surface area contributed by atoms with Crippen LogP contribution in [0, 0.1) is 11.7 Å². The van der Waals surface area contributed by atoms with Gasteiger partial charge in [-0.25, -0.2) is 4.39 Å². The maximum absolute atomic E-state index is 13.2. The molecular formula is C21H27FN4O. The van der Waals surface area contributed by atoms with Crippen molar-refractivity contribution >= 4 is 5.91 Å². The molecule has 2 aromatic rings. The molecule has 1 aliphatic carbocycles. The van der Waals surface area contributed by atoms with Crippen molar-refractivity contribution in [2.24, 2.45) is 5.92 Å². The Bertz CT molecular complexity index is 782. The van der Waals surface area contributed by atoms with Crippen molar-refractivity contribution in [2.75, 3.05) is 20.1 Å². The van der Waals surface area contributed by atoms with E-state index in [4.69, 9.17) is 0 Å². The number of halogens is 1. The van der Waals surface area contributed by atoms with Crippen LogP contribution in [0.15, 0.2) is 30.5 Å². The molecule has 0 bridgehead atoms. The number of H-pyrrole nitrogens is 1.